The highest BCUT2D eigenvalue weighted by Gasteiger charge is 2.33. The number of hydrogen-bond donors (Lipinski definition) is 0. The van der Waals surface area contributed by atoms with Gasteiger partial charge >= 0.3 is 11.9 Å². The third-order valence-electron chi connectivity index (χ3n) is 5.17. The molecule has 3 atom stereocenters. The molecule has 0 radical (unpaired) electrons. The molecule has 0 aromatic carbocycles. The summed E-state index contributed by atoms with van der Waals surface area (Å²) < 4.78 is 11.4. The SMILES string of the molecule is COC(=O)c1cc(C#N)c(=O)n(CC(=O)O[C@@H]2C[C@@H](C)CC[C@H]2C(C)C)c1. The van der Waals surface area contributed by atoms with E-state index in [1.807, 2.05) is 0 Å². The number of methoxy groups -OCH3 is 1. The number of aromatic nitrogens is 1. The minimum absolute atomic E-state index is 0.0350. The van der Waals surface area contributed by atoms with E-state index in [0.29, 0.717) is 11.8 Å². The zero-order valence-corrected chi connectivity index (χ0v) is 16.2. The van der Waals surface area contributed by atoms with Gasteiger partial charge in [-0.1, -0.05) is 27.2 Å². The van der Waals surface area contributed by atoms with Crippen LogP contribution in [0.5, 0.6) is 0 Å². The van der Waals surface area contributed by atoms with Crippen LogP contribution in [0.2, 0.25) is 0 Å². The number of rotatable bonds is 5. The lowest BCUT2D eigenvalue weighted by atomic mass is 9.75. The minimum Gasteiger partial charge on any atom is -0.465 e. The first kappa shape index (κ1) is 20.7. The molecular formula is C20H26N2O5. The largest absolute Gasteiger partial charge is 0.465 e. The standard InChI is InChI=1S/C20H26N2O5/c1-12(2)16-6-5-13(3)7-17(16)27-18(23)11-22-10-15(20(25)26-4)8-14(9-21)19(22)24/h8,10,12-13,16-17H,5-7,11H2,1-4H3/t13-,16-,17+/m0/s1. The molecule has 1 saturated carbocycles. The van der Waals surface area contributed by atoms with Gasteiger partial charge in [-0.05, 0) is 36.7 Å². The lowest BCUT2D eigenvalue weighted by molar-refractivity contribution is -0.156. The van der Waals surface area contributed by atoms with Crippen LogP contribution in [0.1, 0.15) is 56.0 Å². The van der Waals surface area contributed by atoms with Crippen molar-refractivity contribution in [2.24, 2.45) is 17.8 Å². The molecule has 1 aromatic rings. The van der Waals surface area contributed by atoms with E-state index in [0.717, 1.165) is 29.9 Å². The normalized spacial score (nSPS) is 22.1. The topological polar surface area (TPSA) is 98.4 Å². The first-order valence-electron chi connectivity index (χ1n) is 9.19. The van der Waals surface area contributed by atoms with Crippen molar-refractivity contribution in [2.45, 2.75) is 52.7 Å². The molecule has 1 aliphatic rings. The van der Waals surface area contributed by atoms with Crippen molar-refractivity contribution < 1.29 is 19.1 Å². The lowest BCUT2D eigenvalue weighted by Gasteiger charge is -2.36. The molecule has 0 N–H and O–H groups in total. The highest BCUT2D eigenvalue weighted by molar-refractivity contribution is 5.89. The highest BCUT2D eigenvalue weighted by Crippen LogP contribution is 2.35. The van der Waals surface area contributed by atoms with Crippen LogP contribution in [-0.2, 0) is 20.8 Å². The first-order valence-corrected chi connectivity index (χ1v) is 9.19. The Balaban J connectivity index is 2.20. The molecule has 0 amide bonds. The maximum Gasteiger partial charge on any atom is 0.339 e. The zero-order chi connectivity index (χ0) is 20.1. The molecule has 1 aromatic heterocycles. The Labute approximate surface area is 158 Å². The number of nitrogens with zero attached hydrogens (tertiary/aromatic N) is 2. The van der Waals surface area contributed by atoms with Crippen LogP contribution in [0.15, 0.2) is 17.1 Å². The Morgan fingerprint density at radius 2 is 2.07 bits per heavy atom. The van der Waals surface area contributed by atoms with Crippen molar-refractivity contribution >= 4 is 11.9 Å². The molecule has 0 unspecified atom stereocenters. The van der Waals surface area contributed by atoms with Crippen molar-refractivity contribution in [3.8, 4) is 6.07 Å². The second kappa shape index (κ2) is 8.85. The molecule has 0 bridgehead atoms. The monoisotopic (exact) mass is 374 g/mol. The molecule has 1 aliphatic carbocycles. The van der Waals surface area contributed by atoms with Crippen LogP contribution < -0.4 is 5.56 Å². The van der Waals surface area contributed by atoms with Crippen LogP contribution in [-0.4, -0.2) is 29.7 Å². The van der Waals surface area contributed by atoms with E-state index in [1.54, 1.807) is 6.07 Å². The fraction of sp³-hybridized carbons (Fsp3) is 0.600. The van der Waals surface area contributed by atoms with Gasteiger partial charge in [0.05, 0.1) is 12.7 Å². The van der Waals surface area contributed by atoms with Gasteiger partial charge in [-0.3, -0.25) is 9.59 Å². The molecule has 27 heavy (non-hydrogen) atoms. The van der Waals surface area contributed by atoms with Gasteiger partial charge in [-0.25, -0.2) is 4.79 Å². The van der Waals surface area contributed by atoms with E-state index in [2.05, 4.69) is 25.5 Å². The lowest BCUT2D eigenvalue weighted by Crippen LogP contribution is -2.37. The summed E-state index contributed by atoms with van der Waals surface area (Å²) in [7, 11) is 1.20. The third kappa shape index (κ3) is 4.97. The Hall–Kier alpha value is -2.62. The quantitative estimate of drug-likeness (QED) is 0.735. The minimum atomic E-state index is -0.686. The van der Waals surface area contributed by atoms with Crippen LogP contribution in [0.25, 0.3) is 0 Å². The molecule has 7 nitrogen and oxygen atoms in total. The summed E-state index contributed by atoms with van der Waals surface area (Å²) in [6.07, 6.45) is 3.96. The number of nitriles is 1. The number of pyridine rings is 1. The number of esters is 2. The Kier molecular flexibility index (Phi) is 6.78. The fourth-order valence-corrected chi connectivity index (χ4v) is 3.66. The van der Waals surface area contributed by atoms with E-state index < -0.39 is 17.5 Å². The second-order valence-corrected chi connectivity index (χ2v) is 7.53. The average Bonchev–Trinajstić information content (AvgIpc) is 2.62. The smallest absolute Gasteiger partial charge is 0.339 e. The van der Waals surface area contributed by atoms with Gasteiger partial charge in [0.15, 0.2) is 0 Å². The van der Waals surface area contributed by atoms with E-state index in [9.17, 15) is 14.4 Å². The first-order chi connectivity index (χ1) is 12.8. The van der Waals surface area contributed by atoms with Gasteiger partial charge in [0.25, 0.3) is 5.56 Å². The zero-order valence-electron chi connectivity index (χ0n) is 16.2. The van der Waals surface area contributed by atoms with Crippen LogP contribution >= 0.6 is 0 Å². The number of ether oxygens (including phenoxy) is 2. The molecule has 0 spiro atoms. The number of carbonyl (C=O) groups is 2. The summed E-state index contributed by atoms with van der Waals surface area (Å²) in [6, 6.07) is 2.90. The second-order valence-electron chi connectivity index (χ2n) is 7.53. The van der Waals surface area contributed by atoms with Crippen molar-refractivity contribution in [3.05, 3.63) is 33.7 Å². The molecule has 1 fully saturated rings. The van der Waals surface area contributed by atoms with Gasteiger partial charge in [-0.2, -0.15) is 5.26 Å². The fourth-order valence-electron chi connectivity index (χ4n) is 3.66. The van der Waals surface area contributed by atoms with Crippen molar-refractivity contribution in [3.63, 3.8) is 0 Å². The van der Waals surface area contributed by atoms with Crippen molar-refractivity contribution in [1.29, 1.82) is 5.26 Å². The van der Waals surface area contributed by atoms with E-state index in [4.69, 9.17) is 10.00 Å². The van der Waals surface area contributed by atoms with Crippen LogP contribution in [0.3, 0.4) is 0 Å². The Morgan fingerprint density at radius 1 is 1.37 bits per heavy atom. The average molecular weight is 374 g/mol. The van der Waals surface area contributed by atoms with Gasteiger partial charge < -0.3 is 14.0 Å². The Bertz CT molecular complexity index is 806. The number of carbonyl (C=O) groups excluding carboxylic acids is 2. The highest BCUT2D eigenvalue weighted by atomic mass is 16.5. The van der Waals surface area contributed by atoms with Crippen LogP contribution in [0, 0.1) is 29.1 Å². The maximum atomic E-state index is 12.5. The molecular weight excluding hydrogens is 348 g/mol. The predicted molar refractivity (Wildman–Crippen MR) is 98.0 cm³/mol. The van der Waals surface area contributed by atoms with Gasteiger partial charge in [0.1, 0.15) is 24.3 Å². The van der Waals surface area contributed by atoms with Crippen molar-refractivity contribution in [1.82, 2.24) is 4.57 Å². The Morgan fingerprint density at radius 3 is 2.67 bits per heavy atom. The molecule has 0 aliphatic heterocycles. The summed E-state index contributed by atoms with van der Waals surface area (Å²) in [5.41, 5.74) is -0.829. The van der Waals surface area contributed by atoms with Crippen LogP contribution in [0.4, 0.5) is 0 Å². The number of hydrogen-bond acceptors (Lipinski definition) is 6. The third-order valence-corrected chi connectivity index (χ3v) is 5.17. The van der Waals surface area contributed by atoms with E-state index in [1.165, 1.54) is 13.3 Å². The summed E-state index contributed by atoms with van der Waals surface area (Å²) in [5.74, 6) is -0.0699. The molecule has 0 saturated heterocycles. The van der Waals surface area contributed by atoms with Crippen molar-refractivity contribution in [2.75, 3.05) is 7.11 Å². The van der Waals surface area contributed by atoms with E-state index in [-0.39, 0.29) is 29.7 Å². The molecule has 7 heteroatoms. The van der Waals surface area contributed by atoms with Gasteiger partial charge in [0.2, 0.25) is 0 Å². The summed E-state index contributed by atoms with van der Waals surface area (Å²) in [6.45, 7) is 6.02. The van der Waals surface area contributed by atoms with Gasteiger partial charge in [-0.15, -0.1) is 0 Å². The maximum absolute atomic E-state index is 12.5. The summed E-state index contributed by atoms with van der Waals surface area (Å²) >= 11 is 0. The molecule has 146 valence electrons. The van der Waals surface area contributed by atoms with Gasteiger partial charge in [0, 0.05) is 6.20 Å². The molecule has 1 heterocycles. The predicted octanol–water partition coefficient (Wildman–Crippen LogP) is 2.51. The van der Waals surface area contributed by atoms with E-state index >= 15 is 0 Å². The summed E-state index contributed by atoms with van der Waals surface area (Å²) in [4.78, 5) is 36.5. The molecule has 2 rings (SSSR count). The summed E-state index contributed by atoms with van der Waals surface area (Å²) in [5, 5.41) is 9.11.